The van der Waals surface area contributed by atoms with Crippen LogP contribution in [0.15, 0.2) is 53.6 Å². The molecule has 0 aliphatic heterocycles. The zero-order valence-corrected chi connectivity index (χ0v) is 19.4. The number of nitrogens with zero attached hydrogens (tertiary/aromatic N) is 1. The van der Waals surface area contributed by atoms with Crippen LogP contribution in [0.25, 0.3) is 0 Å². The zero-order valence-electron chi connectivity index (χ0n) is 18.6. The number of amides is 1. The maximum absolute atomic E-state index is 11.9. The Kier molecular flexibility index (Phi) is 12.4. The van der Waals surface area contributed by atoms with E-state index in [0.717, 1.165) is 29.7 Å². The first-order valence-corrected chi connectivity index (χ1v) is 11.8. The highest BCUT2D eigenvalue weighted by Gasteiger charge is 2.00. The molecule has 0 saturated carbocycles. The Balaban J connectivity index is 1.56. The van der Waals surface area contributed by atoms with Gasteiger partial charge in [-0.3, -0.25) is 4.79 Å². The number of unbranched alkanes of at least 4 members (excludes halogenated alkanes) is 8. The van der Waals surface area contributed by atoms with E-state index in [2.05, 4.69) is 17.5 Å². The standard InChI is InChI=1S/C26H35ClN2O2/c1-2-3-4-5-6-7-8-9-10-11-26(30)29-28-20-22-14-18-25(19-15-22)31-21-23-12-16-24(27)17-13-23/h12-20H,2-11,21H2,1H3,(H,29,30). The Morgan fingerprint density at radius 3 is 2.16 bits per heavy atom. The minimum Gasteiger partial charge on any atom is -0.489 e. The van der Waals surface area contributed by atoms with Crippen LogP contribution >= 0.6 is 11.6 Å². The molecule has 0 aliphatic rings. The van der Waals surface area contributed by atoms with Gasteiger partial charge in [0.1, 0.15) is 12.4 Å². The summed E-state index contributed by atoms with van der Waals surface area (Å²) in [5.74, 6) is 0.753. The van der Waals surface area contributed by atoms with Gasteiger partial charge in [0.25, 0.3) is 0 Å². The lowest BCUT2D eigenvalue weighted by molar-refractivity contribution is -0.121. The molecule has 0 fully saturated rings. The number of carbonyl (C=O) groups is 1. The second-order valence-electron chi connectivity index (χ2n) is 7.86. The molecule has 0 bridgehead atoms. The van der Waals surface area contributed by atoms with Crippen LogP contribution in [0, 0.1) is 0 Å². The molecular weight excluding hydrogens is 408 g/mol. The number of nitrogens with one attached hydrogen (secondary N) is 1. The van der Waals surface area contributed by atoms with Crippen molar-refractivity contribution >= 4 is 23.7 Å². The van der Waals surface area contributed by atoms with E-state index in [4.69, 9.17) is 16.3 Å². The van der Waals surface area contributed by atoms with Crippen molar-refractivity contribution in [3.05, 3.63) is 64.7 Å². The lowest BCUT2D eigenvalue weighted by Gasteiger charge is -2.06. The highest BCUT2D eigenvalue weighted by molar-refractivity contribution is 6.30. The minimum atomic E-state index is -0.0258. The molecule has 2 rings (SSSR count). The van der Waals surface area contributed by atoms with Crippen LogP contribution in [0.1, 0.15) is 82.3 Å². The van der Waals surface area contributed by atoms with Crippen molar-refractivity contribution in [3.63, 3.8) is 0 Å². The predicted octanol–water partition coefficient (Wildman–Crippen LogP) is 7.29. The number of halogens is 1. The summed E-state index contributed by atoms with van der Waals surface area (Å²) in [5.41, 5.74) is 4.58. The van der Waals surface area contributed by atoms with E-state index < -0.39 is 0 Å². The third kappa shape index (κ3) is 11.6. The number of hydrogen-bond donors (Lipinski definition) is 1. The maximum Gasteiger partial charge on any atom is 0.240 e. The average molecular weight is 443 g/mol. The molecule has 0 radical (unpaired) electrons. The van der Waals surface area contributed by atoms with E-state index in [1.165, 1.54) is 44.9 Å². The topological polar surface area (TPSA) is 50.7 Å². The largest absolute Gasteiger partial charge is 0.489 e. The zero-order chi connectivity index (χ0) is 22.2. The Bertz CT molecular complexity index is 773. The average Bonchev–Trinajstić information content (AvgIpc) is 2.78. The molecule has 0 heterocycles. The van der Waals surface area contributed by atoms with Crippen molar-refractivity contribution in [2.24, 2.45) is 5.10 Å². The van der Waals surface area contributed by atoms with Gasteiger partial charge in [-0.2, -0.15) is 5.10 Å². The summed E-state index contributed by atoms with van der Waals surface area (Å²) < 4.78 is 5.77. The molecule has 0 aromatic heterocycles. The first kappa shape index (κ1) is 24.9. The van der Waals surface area contributed by atoms with Crippen molar-refractivity contribution in [3.8, 4) is 5.75 Å². The van der Waals surface area contributed by atoms with Gasteiger partial charge in [0, 0.05) is 11.4 Å². The highest BCUT2D eigenvalue weighted by Crippen LogP contribution is 2.15. The molecule has 0 saturated heterocycles. The van der Waals surface area contributed by atoms with Gasteiger partial charge in [-0.1, -0.05) is 82.0 Å². The Morgan fingerprint density at radius 1 is 0.903 bits per heavy atom. The van der Waals surface area contributed by atoms with Gasteiger partial charge in [0.2, 0.25) is 5.91 Å². The van der Waals surface area contributed by atoms with Crippen molar-refractivity contribution < 1.29 is 9.53 Å². The maximum atomic E-state index is 11.9. The van der Waals surface area contributed by atoms with E-state index in [1.807, 2.05) is 48.5 Å². The van der Waals surface area contributed by atoms with Crippen LogP contribution in [-0.4, -0.2) is 12.1 Å². The van der Waals surface area contributed by atoms with Crippen molar-refractivity contribution in [1.82, 2.24) is 5.43 Å². The molecule has 0 atom stereocenters. The Hall–Kier alpha value is -2.33. The molecule has 0 aliphatic carbocycles. The predicted molar refractivity (Wildman–Crippen MR) is 130 cm³/mol. The van der Waals surface area contributed by atoms with Crippen LogP contribution in [0.5, 0.6) is 5.75 Å². The summed E-state index contributed by atoms with van der Waals surface area (Å²) in [6.07, 6.45) is 13.4. The molecule has 2 aromatic rings. The third-order valence-corrected chi connectivity index (χ3v) is 5.36. The quantitative estimate of drug-likeness (QED) is 0.179. The van der Waals surface area contributed by atoms with Crippen molar-refractivity contribution in [2.45, 2.75) is 77.7 Å². The number of hydrazone groups is 1. The molecular formula is C26H35ClN2O2. The molecule has 0 unspecified atom stereocenters. The Labute approximate surface area is 192 Å². The van der Waals surface area contributed by atoms with E-state index in [0.29, 0.717) is 18.1 Å². The first-order valence-electron chi connectivity index (χ1n) is 11.5. The smallest absolute Gasteiger partial charge is 0.240 e. The van der Waals surface area contributed by atoms with Gasteiger partial charge in [0.05, 0.1) is 6.21 Å². The molecule has 1 N–H and O–H groups in total. The number of ether oxygens (including phenoxy) is 1. The monoisotopic (exact) mass is 442 g/mol. The number of rotatable bonds is 15. The van der Waals surface area contributed by atoms with E-state index in [-0.39, 0.29) is 5.91 Å². The minimum absolute atomic E-state index is 0.0258. The lowest BCUT2D eigenvalue weighted by atomic mass is 10.1. The number of benzene rings is 2. The highest BCUT2D eigenvalue weighted by atomic mass is 35.5. The molecule has 31 heavy (non-hydrogen) atoms. The van der Waals surface area contributed by atoms with Gasteiger partial charge in [-0.05, 0) is 53.9 Å². The van der Waals surface area contributed by atoms with Crippen LogP contribution in [0.3, 0.4) is 0 Å². The van der Waals surface area contributed by atoms with Crippen LogP contribution < -0.4 is 10.2 Å². The van der Waals surface area contributed by atoms with Crippen LogP contribution in [-0.2, 0) is 11.4 Å². The van der Waals surface area contributed by atoms with Gasteiger partial charge in [0.15, 0.2) is 0 Å². The van der Waals surface area contributed by atoms with Gasteiger partial charge >= 0.3 is 0 Å². The summed E-state index contributed by atoms with van der Waals surface area (Å²) in [6.45, 7) is 2.73. The fourth-order valence-electron chi connectivity index (χ4n) is 3.23. The summed E-state index contributed by atoms with van der Waals surface area (Å²) >= 11 is 5.89. The fourth-order valence-corrected chi connectivity index (χ4v) is 3.35. The summed E-state index contributed by atoms with van der Waals surface area (Å²) in [7, 11) is 0. The van der Waals surface area contributed by atoms with Crippen molar-refractivity contribution in [2.75, 3.05) is 0 Å². The Morgan fingerprint density at radius 2 is 1.52 bits per heavy atom. The van der Waals surface area contributed by atoms with E-state index in [9.17, 15) is 4.79 Å². The molecule has 168 valence electrons. The van der Waals surface area contributed by atoms with E-state index >= 15 is 0 Å². The summed E-state index contributed by atoms with van der Waals surface area (Å²) in [6, 6.07) is 15.2. The van der Waals surface area contributed by atoms with Gasteiger partial charge in [-0.15, -0.1) is 0 Å². The normalized spacial score (nSPS) is 11.0. The van der Waals surface area contributed by atoms with Crippen LogP contribution in [0.4, 0.5) is 0 Å². The second kappa shape index (κ2) is 15.5. The summed E-state index contributed by atoms with van der Waals surface area (Å²) in [5, 5.41) is 4.77. The van der Waals surface area contributed by atoms with Gasteiger partial charge < -0.3 is 4.74 Å². The summed E-state index contributed by atoms with van der Waals surface area (Å²) in [4.78, 5) is 11.9. The number of hydrogen-bond acceptors (Lipinski definition) is 3. The SMILES string of the molecule is CCCCCCCCCCCC(=O)NN=Cc1ccc(OCc2ccc(Cl)cc2)cc1. The third-order valence-electron chi connectivity index (χ3n) is 5.11. The second-order valence-corrected chi connectivity index (χ2v) is 8.29. The fraction of sp³-hybridized carbons (Fsp3) is 0.462. The molecule has 4 nitrogen and oxygen atoms in total. The molecule has 5 heteroatoms. The lowest BCUT2D eigenvalue weighted by Crippen LogP contribution is -2.16. The van der Waals surface area contributed by atoms with Gasteiger partial charge in [-0.25, -0.2) is 5.43 Å². The number of carbonyl (C=O) groups excluding carboxylic acids is 1. The van der Waals surface area contributed by atoms with Crippen LogP contribution in [0.2, 0.25) is 5.02 Å². The molecule has 0 spiro atoms. The molecule has 1 amide bonds. The molecule has 2 aromatic carbocycles. The van der Waals surface area contributed by atoms with E-state index in [1.54, 1.807) is 6.21 Å². The van der Waals surface area contributed by atoms with Crippen molar-refractivity contribution in [1.29, 1.82) is 0 Å². The first-order chi connectivity index (χ1) is 15.2.